The van der Waals surface area contributed by atoms with Gasteiger partial charge in [0.15, 0.2) is 0 Å². The van der Waals surface area contributed by atoms with Crippen LogP contribution in [-0.2, 0) is 17.6 Å². The summed E-state index contributed by atoms with van der Waals surface area (Å²) in [6, 6.07) is 10.9. The monoisotopic (exact) mass is 294 g/mol. The number of rotatable bonds is 4. The maximum Gasteiger partial charge on any atom is 0.141 e. The minimum atomic E-state index is 0.103. The zero-order valence-electron chi connectivity index (χ0n) is 11.4. The van der Waals surface area contributed by atoms with Crippen LogP contribution in [0.5, 0.6) is 0 Å². The Morgan fingerprint density at radius 3 is 1.68 bits per heavy atom. The van der Waals surface area contributed by atoms with E-state index in [1.165, 1.54) is 0 Å². The van der Waals surface area contributed by atoms with Crippen molar-refractivity contribution in [2.24, 2.45) is 0 Å². The average Bonchev–Trinajstić information content (AvgIpc) is 3.14. The van der Waals surface area contributed by atoms with Gasteiger partial charge in [0.05, 0.1) is 0 Å². The first-order valence-electron chi connectivity index (χ1n) is 6.72. The molecule has 7 nitrogen and oxygen atoms in total. The number of ketones is 1. The molecule has 2 heterocycles. The summed E-state index contributed by atoms with van der Waals surface area (Å²) in [4.78, 5) is 12.2. The van der Waals surface area contributed by atoms with Gasteiger partial charge in [0.2, 0.25) is 0 Å². The average molecular weight is 294 g/mol. The second kappa shape index (κ2) is 5.03. The second-order valence-corrected chi connectivity index (χ2v) is 5.07. The normalized spacial score (nSPS) is 11.3. The maximum absolute atomic E-state index is 12.2. The lowest BCUT2D eigenvalue weighted by Crippen LogP contribution is -2.06. The van der Waals surface area contributed by atoms with Crippen molar-refractivity contribution in [3.05, 3.63) is 47.5 Å². The number of aromatic nitrogens is 4. The highest BCUT2D eigenvalue weighted by Gasteiger charge is 2.09. The van der Waals surface area contributed by atoms with Crippen molar-refractivity contribution in [3.8, 4) is 0 Å². The number of fused-ring (bicyclic) bond motifs is 2. The van der Waals surface area contributed by atoms with E-state index in [1.54, 1.807) is 12.1 Å². The number of carbonyl (C=O) groups excluding carboxylic acids is 1. The molecule has 0 N–H and O–H groups in total. The van der Waals surface area contributed by atoms with Gasteiger partial charge >= 0.3 is 0 Å². The fraction of sp³-hybridized carbons (Fsp3) is 0.133. The second-order valence-electron chi connectivity index (χ2n) is 5.07. The molecule has 0 amide bonds. The van der Waals surface area contributed by atoms with E-state index >= 15 is 0 Å². The van der Waals surface area contributed by atoms with Crippen LogP contribution in [0.2, 0.25) is 0 Å². The largest absolute Gasteiger partial charge is 0.299 e. The molecule has 0 bridgehead atoms. The first-order chi connectivity index (χ1) is 10.8. The van der Waals surface area contributed by atoms with E-state index in [9.17, 15) is 4.79 Å². The lowest BCUT2D eigenvalue weighted by atomic mass is 10.0. The van der Waals surface area contributed by atoms with Gasteiger partial charge in [-0.3, -0.25) is 4.79 Å². The smallest absolute Gasteiger partial charge is 0.141 e. The highest BCUT2D eigenvalue weighted by Crippen LogP contribution is 2.15. The number of hydrogen-bond acceptors (Lipinski definition) is 7. The molecular weight excluding hydrogens is 284 g/mol. The fourth-order valence-corrected chi connectivity index (χ4v) is 2.39. The highest BCUT2D eigenvalue weighted by molar-refractivity contribution is 5.85. The molecule has 0 spiro atoms. The predicted molar refractivity (Wildman–Crippen MR) is 76.0 cm³/mol. The van der Waals surface area contributed by atoms with Gasteiger partial charge in [-0.1, -0.05) is 12.1 Å². The SMILES string of the molecule is O=C(Cc1ccc2nonc2c1)Cc1ccc2nonc2c1. The lowest BCUT2D eigenvalue weighted by molar-refractivity contribution is -0.117. The molecule has 4 aromatic rings. The first-order valence-corrected chi connectivity index (χ1v) is 6.72. The molecule has 0 aliphatic carbocycles. The Kier molecular flexibility index (Phi) is 2.89. The number of hydrogen-bond donors (Lipinski definition) is 0. The molecule has 0 saturated heterocycles. The van der Waals surface area contributed by atoms with Crippen LogP contribution in [0.25, 0.3) is 22.1 Å². The van der Waals surface area contributed by atoms with Gasteiger partial charge in [-0.25, -0.2) is 9.26 Å². The van der Waals surface area contributed by atoms with Crippen molar-refractivity contribution in [2.75, 3.05) is 0 Å². The topological polar surface area (TPSA) is 94.9 Å². The standard InChI is InChI=1S/C15H10N4O3/c20-11(5-9-1-3-12-14(7-9)18-21-16-12)6-10-2-4-13-15(8-10)19-22-17-13/h1-4,7-8H,5-6H2. The van der Waals surface area contributed by atoms with E-state index in [1.807, 2.05) is 24.3 Å². The zero-order chi connectivity index (χ0) is 14.9. The van der Waals surface area contributed by atoms with Gasteiger partial charge < -0.3 is 0 Å². The summed E-state index contributed by atoms with van der Waals surface area (Å²) < 4.78 is 9.29. The van der Waals surface area contributed by atoms with Gasteiger partial charge in [-0.05, 0) is 56.0 Å². The summed E-state index contributed by atoms with van der Waals surface area (Å²) in [7, 11) is 0. The van der Waals surface area contributed by atoms with Gasteiger partial charge in [-0.15, -0.1) is 0 Å². The lowest BCUT2D eigenvalue weighted by Gasteiger charge is -2.01. The Morgan fingerprint density at radius 1 is 0.727 bits per heavy atom. The molecule has 0 aliphatic rings. The quantitative estimate of drug-likeness (QED) is 0.568. The number of benzene rings is 2. The van der Waals surface area contributed by atoms with Crippen molar-refractivity contribution in [3.63, 3.8) is 0 Å². The highest BCUT2D eigenvalue weighted by atomic mass is 16.6. The molecule has 2 aromatic carbocycles. The van der Waals surface area contributed by atoms with E-state index in [2.05, 4.69) is 29.9 Å². The molecule has 0 saturated carbocycles. The summed E-state index contributed by atoms with van der Waals surface area (Å²) in [5.74, 6) is 0.103. The van der Waals surface area contributed by atoms with Crippen molar-refractivity contribution in [1.29, 1.82) is 0 Å². The van der Waals surface area contributed by atoms with Crippen LogP contribution in [0, 0.1) is 0 Å². The van der Waals surface area contributed by atoms with E-state index in [-0.39, 0.29) is 5.78 Å². The Bertz CT molecular complexity index is 895. The molecule has 0 radical (unpaired) electrons. The first kappa shape index (κ1) is 12.6. The molecule has 0 aliphatic heterocycles. The Hall–Kier alpha value is -3.09. The number of nitrogens with zero attached hydrogens (tertiary/aromatic N) is 4. The van der Waals surface area contributed by atoms with Crippen LogP contribution >= 0.6 is 0 Å². The molecule has 0 fully saturated rings. The van der Waals surface area contributed by atoms with E-state index in [0.29, 0.717) is 34.9 Å². The van der Waals surface area contributed by atoms with Crippen molar-refractivity contribution in [1.82, 2.24) is 20.6 Å². The number of Topliss-reactive ketones (excluding diaryl/α,β-unsaturated/α-hetero) is 1. The van der Waals surface area contributed by atoms with E-state index in [4.69, 9.17) is 0 Å². The summed E-state index contributed by atoms with van der Waals surface area (Å²) >= 11 is 0. The maximum atomic E-state index is 12.2. The molecular formula is C15H10N4O3. The van der Waals surface area contributed by atoms with Crippen LogP contribution < -0.4 is 0 Å². The molecule has 7 heteroatoms. The summed E-state index contributed by atoms with van der Waals surface area (Å²) in [6.07, 6.45) is 0.663. The minimum absolute atomic E-state index is 0.103. The summed E-state index contributed by atoms with van der Waals surface area (Å²) in [5, 5.41) is 15.0. The Labute approximate surface area is 123 Å². The van der Waals surface area contributed by atoms with Crippen LogP contribution in [-0.4, -0.2) is 26.4 Å². The molecule has 0 unspecified atom stereocenters. The third-order valence-electron chi connectivity index (χ3n) is 3.44. The molecule has 108 valence electrons. The van der Waals surface area contributed by atoms with Crippen LogP contribution in [0.15, 0.2) is 45.7 Å². The zero-order valence-corrected chi connectivity index (χ0v) is 11.4. The van der Waals surface area contributed by atoms with Crippen LogP contribution in [0.3, 0.4) is 0 Å². The van der Waals surface area contributed by atoms with Crippen LogP contribution in [0.4, 0.5) is 0 Å². The fourth-order valence-electron chi connectivity index (χ4n) is 2.39. The minimum Gasteiger partial charge on any atom is -0.299 e. The molecule has 4 rings (SSSR count). The molecule has 22 heavy (non-hydrogen) atoms. The van der Waals surface area contributed by atoms with Crippen LogP contribution in [0.1, 0.15) is 11.1 Å². The summed E-state index contributed by atoms with van der Waals surface area (Å²) in [5.41, 5.74) is 4.44. The van der Waals surface area contributed by atoms with Gasteiger partial charge in [0.25, 0.3) is 0 Å². The Balaban J connectivity index is 1.51. The third-order valence-corrected chi connectivity index (χ3v) is 3.44. The predicted octanol–water partition coefficient (Wildman–Crippen LogP) is 2.11. The van der Waals surface area contributed by atoms with E-state index < -0.39 is 0 Å². The van der Waals surface area contributed by atoms with Gasteiger partial charge in [-0.2, -0.15) is 0 Å². The Morgan fingerprint density at radius 2 is 1.18 bits per heavy atom. The van der Waals surface area contributed by atoms with Crippen molar-refractivity contribution >= 4 is 27.9 Å². The molecule has 0 atom stereocenters. The summed E-state index contributed by atoms with van der Waals surface area (Å²) in [6.45, 7) is 0. The number of carbonyl (C=O) groups is 1. The van der Waals surface area contributed by atoms with Gasteiger partial charge in [0.1, 0.15) is 27.9 Å². The van der Waals surface area contributed by atoms with Gasteiger partial charge in [0, 0.05) is 12.8 Å². The van der Waals surface area contributed by atoms with Crippen molar-refractivity contribution < 1.29 is 14.1 Å². The van der Waals surface area contributed by atoms with E-state index in [0.717, 1.165) is 11.1 Å². The van der Waals surface area contributed by atoms with Crippen molar-refractivity contribution in [2.45, 2.75) is 12.8 Å². The molecule has 2 aromatic heterocycles. The third kappa shape index (κ3) is 2.32.